The van der Waals surface area contributed by atoms with Gasteiger partial charge in [-0.2, -0.15) is 0 Å². The van der Waals surface area contributed by atoms with Gasteiger partial charge in [0.2, 0.25) is 0 Å². The van der Waals surface area contributed by atoms with Gasteiger partial charge in [0.1, 0.15) is 5.60 Å². The summed E-state index contributed by atoms with van der Waals surface area (Å²) in [7, 11) is 1.63. The molecule has 2 aromatic rings. The number of nitrogens with zero attached hydrogens (tertiary/aromatic N) is 1. The number of ether oxygens (including phenoxy) is 2. The maximum Gasteiger partial charge on any atom is 0.191 e. The standard InChI is InChI=1S/C20H29N3O3S/c1-5-21-19(23-14-20(3,24)18-8-7-11-27-18)22-13-15-9-10-16(25-4)17(12-15)26-6-2/h7-12,24H,5-6,13-14H2,1-4H3,(H2,21,22,23). The predicted molar refractivity (Wildman–Crippen MR) is 111 cm³/mol. The number of hydrogen-bond donors (Lipinski definition) is 3. The molecule has 0 spiro atoms. The van der Waals surface area contributed by atoms with Crippen LogP contribution in [0.3, 0.4) is 0 Å². The summed E-state index contributed by atoms with van der Waals surface area (Å²) in [5.41, 5.74) is 0.0635. The average Bonchev–Trinajstić information content (AvgIpc) is 3.20. The normalized spacial score (nSPS) is 13.7. The molecule has 1 unspecified atom stereocenters. The first-order valence-corrected chi connectivity index (χ1v) is 9.96. The molecule has 0 aliphatic heterocycles. The van der Waals surface area contributed by atoms with Crippen molar-refractivity contribution in [2.45, 2.75) is 32.9 Å². The van der Waals surface area contributed by atoms with Crippen LogP contribution in [0.1, 0.15) is 31.2 Å². The minimum atomic E-state index is -0.952. The van der Waals surface area contributed by atoms with Crippen LogP contribution in [0.25, 0.3) is 0 Å². The molecular weight excluding hydrogens is 362 g/mol. The van der Waals surface area contributed by atoms with Gasteiger partial charge in [0.15, 0.2) is 17.5 Å². The lowest BCUT2D eigenvalue weighted by Gasteiger charge is -2.23. The van der Waals surface area contributed by atoms with Crippen molar-refractivity contribution in [2.75, 3.05) is 26.8 Å². The molecule has 0 bridgehead atoms. The molecule has 0 aliphatic carbocycles. The second-order valence-corrected chi connectivity index (χ2v) is 7.17. The molecule has 0 saturated heterocycles. The van der Waals surface area contributed by atoms with E-state index in [0.717, 1.165) is 17.0 Å². The smallest absolute Gasteiger partial charge is 0.191 e. The Morgan fingerprint density at radius 2 is 2.04 bits per heavy atom. The van der Waals surface area contributed by atoms with Crippen LogP contribution in [0.2, 0.25) is 0 Å². The molecule has 7 heteroatoms. The quantitative estimate of drug-likeness (QED) is 0.452. The van der Waals surface area contributed by atoms with E-state index in [2.05, 4.69) is 15.6 Å². The molecule has 6 nitrogen and oxygen atoms in total. The van der Waals surface area contributed by atoms with Crippen LogP contribution in [0, 0.1) is 0 Å². The highest BCUT2D eigenvalue weighted by atomic mass is 32.1. The lowest BCUT2D eigenvalue weighted by atomic mass is 10.1. The summed E-state index contributed by atoms with van der Waals surface area (Å²) in [4.78, 5) is 5.53. The first kappa shape index (κ1) is 21.1. The van der Waals surface area contributed by atoms with Gasteiger partial charge in [0.25, 0.3) is 0 Å². The summed E-state index contributed by atoms with van der Waals surface area (Å²) < 4.78 is 10.9. The van der Waals surface area contributed by atoms with Gasteiger partial charge >= 0.3 is 0 Å². The molecule has 1 atom stereocenters. The largest absolute Gasteiger partial charge is 0.493 e. The number of methoxy groups -OCH3 is 1. The van der Waals surface area contributed by atoms with Crippen molar-refractivity contribution in [3.63, 3.8) is 0 Å². The van der Waals surface area contributed by atoms with E-state index < -0.39 is 5.60 Å². The highest BCUT2D eigenvalue weighted by molar-refractivity contribution is 7.10. The number of benzene rings is 1. The molecule has 148 valence electrons. The fraction of sp³-hybridized carbons (Fsp3) is 0.450. The SMILES string of the molecule is CCNC(=NCc1ccc(OC)c(OCC)c1)NCC(C)(O)c1cccs1. The molecule has 0 fully saturated rings. The number of aliphatic imine (C=N–C) groups is 1. The van der Waals surface area contributed by atoms with Crippen molar-refractivity contribution < 1.29 is 14.6 Å². The first-order valence-electron chi connectivity index (χ1n) is 9.08. The molecule has 2 rings (SSSR count). The van der Waals surface area contributed by atoms with Crippen LogP contribution in [-0.2, 0) is 12.1 Å². The van der Waals surface area contributed by atoms with Gasteiger partial charge in [-0.25, -0.2) is 4.99 Å². The molecule has 1 aromatic heterocycles. The van der Waals surface area contributed by atoms with E-state index in [4.69, 9.17) is 9.47 Å². The molecule has 3 N–H and O–H groups in total. The Morgan fingerprint density at radius 3 is 2.67 bits per heavy atom. The van der Waals surface area contributed by atoms with Gasteiger partial charge in [-0.05, 0) is 49.9 Å². The van der Waals surface area contributed by atoms with E-state index in [9.17, 15) is 5.11 Å². The predicted octanol–water partition coefficient (Wildman–Crippen LogP) is 3.12. The third-order valence-electron chi connectivity index (χ3n) is 3.94. The fourth-order valence-electron chi connectivity index (χ4n) is 2.53. The molecule has 0 saturated carbocycles. The third kappa shape index (κ3) is 6.15. The monoisotopic (exact) mass is 391 g/mol. The third-order valence-corrected chi connectivity index (χ3v) is 5.07. The van der Waals surface area contributed by atoms with E-state index in [0.29, 0.717) is 37.2 Å². The number of aliphatic hydroxyl groups is 1. The van der Waals surface area contributed by atoms with Gasteiger partial charge in [-0.3, -0.25) is 0 Å². The number of hydrogen-bond acceptors (Lipinski definition) is 5. The molecule has 27 heavy (non-hydrogen) atoms. The molecule has 0 amide bonds. The van der Waals surface area contributed by atoms with Crippen molar-refractivity contribution in [3.05, 3.63) is 46.2 Å². The molecule has 0 radical (unpaired) electrons. The highest BCUT2D eigenvalue weighted by Gasteiger charge is 2.24. The van der Waals surface area contributed by atoms with Crippen LogP contribution in [0.15, 0.2) is 40.7 Å². The number of rotatable bonds is 9. The average molecular weight is 392 g/mol. The molecule has 0 aliphatic rings. The summed E-state index contributed by atoms with van der Waals surface area (Å²) in [6, 6.07) is 9.67. The Kier molecular flexibility index (Phi) is 7.94. The Bertz CT molecular complexity index is 730. The van der Waals surface area contributed by atoms with E-state index in [-0.39, 0.29) is 0 Å². The second-order valence-electron chi connectivity index (χ2n) is 6.22. The second kappa shape index (κ2) is 10.2. The molecule has 1 aromatic carbocycles. The van der Waals surface area contributed by atoms with E-state index in [1.807, 2.05) is 49.6 Å². The lowest BCUT2D eigenvalue weighted by molar-refractivity contribution is 0.0655. The summed E-state index contributed by atoms with van der Waals surface area (Å²) in [5, 5.41) is 19.1. The highest BCUT2D eigenvalue weighted by Crippen LogP contribution is 2.28. The van der Waals surface area contributed by atoms with Crippen molar-refractivity contribution in [1.29, 1.82) is 0 Å². The van der Waals surface area contributed by atoms with E-state index in [1.165, 1.54) is 11.3 Å². The van der Waals surface area contributed by atoms with Crippen LogP contribution in [0.4, 0.5) is 0 Å². The molecular formula is C20H29N3O3S. The van der Waals surface area contributed by atoms with Gasteiger partial charge in [0, 0.05) is 11.4 Å². The fourth-order valence-corrected chi connectivity index (χ4v) is 3.31. The number of guanidine groups is 1. The van der Waals surface area contributed by atoms with Crippen molar-refractivity contribution >= 4 is 17.3 Å². The zero-order chi connectivity index (χ0) is 19.7. The lowest BCUT2D eigenvalue weighted by Crippen LogP contribution is -2.44. The number of nitrogens with one attached hydrogen (secondary N) is 2. The van der Waals surface area contributed by atoms with Crippen LogP contribution in [0.5, 0.6) is 11.5 Å². The Balaban J connectivity index is 2.05. The van der Waals surface area contributed by atoms with Gasteiger partial charge in [-0.1, -0.05) is 12.1 Å². The Hall–Kier alpha value is -2.25. The first-order chi connectivity index (χ1) is 13.0. The number of thiophene rings is 1. The Morgan fingerprint density at radius 1 is 1.22 bits per heavy atom. The van der Waals surface area contributed by atoms with Gasteiger partial charge in [-0.15, -0.1) is 11.3 Å². The summed E-state index contributed by atoms with van der Waals surface area (Å²) >= 11 is 1.54. The van der Waals surface area contributed by atoms with Crippen molar-refractivity contribution in [1.82, 2.24) is 10.6 Å². The summed E-state index contributed by atoms with van der Waals surface area (Å²) in [6.07, 6.45) is 0. The van der Waals surface area contributed by atoms with Crippen molar-refractivity contribution in [2.24, 2.45) is 4.99 Å². The topological polar surface area (TPSA) is 75.1 Å². The van der Waals surface area contributed by atoms with Crippen LogP contribution in [-0.4, -0.2) is 37.9 Å². The maximum atomic E-state index is 10.7. The summed E-state index contributed by atoms with van der Waals surface area (Å²) in [5.74, 6) is 2.08. The van der Waals surface area contributed by atoms with E-state index in [1.54, 1.807) is 14.0 Å². The maximum absolute atomic E-state index is 10.7. The molecule has 1 heterocycles. The van der Waals surface area contributed by atoms with Crippen molar-refractivity contribution in [3.8, 4) is 11.5 Å². The summed E-state index contributed by atoms with van der Waals surface area (Å²) in [6.45, 7) is 7.91. The zero-order valence-corrected chi connectivity index (χ0v) is 17.2. The zero-order valence-electron chi connectivity index (χ0n) is 16.4. The van der Waals surface area contributed by atoms with Crippen LogP contribution >= 0.6 is 11.3 Å². The Labute approximate surface area is 165 Å². The minimum Gasteiger partial charge on any atom is -0.493 e. The van der Waals surface area contributed by atoms with Gasteiger partial charge < -0.3 is 25.2 Å². The van der Waals surface area contributed by atoms with Gasteiger partial charge in [0.05, 0.1) is 26.8 Å². The minimum absolute atomic E-state index is 0.367. The van der Waals surface area contributed by atoms with Crippen LogP contribution < -0.4 is 20.1 Å². The van der Waals surface area contributed by atoms with E-state index >= 15 is 0 Å².